The van der Waals surface area contributed by atoms with Crippen LogP contribution in [0.4, 0.5) is 5.69 Å². The summed E-state index contributed by atoms with van der Waals surface area (Å²) in [4.78, 5) is 0. The van der Waals surface area contributed by atoms with Gasteiger partial charge in [-0.05, 0) is 19.1 Å². The maximum absolute atomic E-state index is 8.71. The predicted molar refractivity (Wildman–Crippen MR) is 68.6 cm³/mol. The molecule has 0 saturated carbocycles. The number of rotatable bonds is 3. The number of nitrogens with two attached hydrogens (primary N) is 1. The third-order valence-corrected chi connectivity index (χ3v) is 2.54. The smallest absolute Gasteiger partial charge is 0.172 e. The van der Waals surface area contributed by atoms with E-state index in [0.29, 0.717) is 27.9 Å². The number of nitrogens with zero attached hydrogens (tertiary/aromatic N) is 2. The summed E-state index contributed by atoms with van der Waals surface area (Å²) in [7, 11) is 0. The minimum absolute atomic E-state index is 0.176. The van der Waals surface area contributed by atoms with Crippen LogP contribution in [0.2, 0.25) is 5.02 Å². The summed E-state index contributed by atoms with van der Waals surface area (Å²) < 4.78 is 5.69. The van der Waals surface area contributed by atoms with Gasteiger partial charge in [-0.15, -0.1) is 0 Å². The highest BCUT2D eigenvalue weighted by atomic mass is 35.5. The number of aromatic nitrogens is 2. The van der Waals surface area contributed by atoms with Crippen molar-refractivity contribution in [3.8, 4) is 17.6 Å². The zero-order chi connectivity index (χ0) is 13.1. The maximum Gasteiger partial charge on any atom is 0.172 e. The molecule has 0 bridgehead atoms. The van der Waals surface area contributed by atoms with E-state index in [1.165, 1.54) is 0 Å². The first-order valence-corrected chi connectivity index (χ1v) is 5.62. The molecule has 0 saturated heterocycles. The van der Waals surface area contributed by atoms with Crippen LogP contribution in [0.3, 0.4) is 0 Å². The molecule has 92 valence electrons. The number of hydrogen-bond acceptors (Lipinski definition) is 4. The van der Waals surface area contributed by atoms with Gasteiger partial charge in [0.05, 0.1) is 18.2 Å². The number of aryl methyl sites for hydroxylation is 1. The van der Waals surface area contributed by atoms with Crippen LogP contribution in [0.15, 0.2) is 18.2 Å². The van der Waals surface area contributed by atoms with Crippen molar-refractivity contribution in [2.75, 3.05) is 5.73 Å². The van der Waals surface area contributed by atoms with Gasteiger partial charge in [-0.25, -0.2) is 0 Å². The Kier molecular flexibility index (Phi) is 3.40. The lowest BCUT2D eigenvalue weighted by Crippen LogP contribution is -1.92. The van der Waals surface area contributed by atoms with Gasteiger partial charge in [0, 0.05) is 16.8 Å². The number of H-pyrrole nitrogens is 1. The fourth-order valence-electron chi connectivity index (χ4n) is 1.56. The number of halogens is 1. The van der Waals surface area contributed by atoms with Crippen molar-refractivity contribution in [3.63, 3.8) is 0 Å². The lowest BCUT2D eigenvalue weighted by molar-refractivity contribution is 0.474. The molecular formula is C12H11ClN4O. The van der Waals surface area contributed by atoms with Crippen molar-refractivity contribution in [1.29, 1.82) is 5.26 Å². The van der Waals surface area contributed by atoms with Crippen LogP contribution in [0.5, 0.6) is 11.5 Å². The van der Waals surface area contributed by atoms with Crippen LogP contribution < -0.4 is 10.5 Å². The molecule has 0 aliphatic heterocycles. The Morgan fingerprint density at radius 1 is 1.50 bits per heavy atom. The molecule has 5 nitrogen and oxygen atoms in total. The molecule has 0 aliphatic carbocycles. The lowest BCUT2D eigenvalue weighted by Gasteiger charge is -2.07. The Morgan fingerprint density at radius 2 is 2.28 bits per heavy atom. The topological polar surface area (TPSA) is 87.7 Å². The highest BCUT2D eigenvalue weighted by Gasteiger charge is 2.12. The van der Waals surface area contributed by atoms with E-state index >= 15 is 0 Å². The average molecular weight is 263 g/mol. The molecule has 2 aromatic rings. The fourth-order valence-corrected chi connectivity index (χ4v) is 1.79. The third kappa shape index (κ3) is 2.55. The van der Waals surface area contributed by atoms with E-state index in [-0.39, 0.29) is 6.42 Å². The molecule has 6 heteroatoms. The van der Waals surface area contributed by atoms with Crippen molar-refractivity contribution in [2.24, 2.45) is 0 Å². The normalized spacial score (nSPS) is 10.1. The highest BCUT2D eigenvalue weighted by molar-refractivity contribution is 6.31. The second kappa shape index (κ2) is 4.98. The van der Waals surface area contributed by atoms with E-state index in [1.807, 2.05) is 13.0 Å². The summed E-state index contributed by atoms with van der Waals surface area (Å²) in [5.74, 6) is 1.06. The summed E-state index contributed by atoms with van der Waals surface area (Å²) in [5.41, 5.74) is 7.51. The van der Waals surface area contributed by atoms with Gasteiger partial charge in [0.2, 0.25) is 0 Å². The first-order chi connectivity index (χ1) is 8.60. The molecule has 0 fully saturated rings. The van der Waals surface area contributed by atoms with Gasteiger partial charge in [0.25, 0.3) is 0 Å². The van der Waals surface area contributed by atoms with Crippen molar-refractivity contribution >= 4 is 17.3 Å². The Morgan fingerprint density at radius 3 is 2.94 bits per heavy atom. The maximum atomic E-state index is 8.71. The molecular weight excluding hydrogens is 252 g/mol. The Bertz CT molecular complexity index is 595. The fraction of sp³-hybridized carbons (Fsp3) is 0.167. The number of nitrogen functional groups attached to an aromatic ring is 1. The van der Waals surface area contributed by atoms with Gasteiger partial charge in [0.1, 0.15) is 11.4 Å². The van der Waals surface area contributed by atoms with Crippen molar-refractivity contribution in [1.82, 2.24) is 10.2 Å². The number of ether oxygens (including phenoxy) is 1. The SMILES string of the molecule is Cc1[nH]nc(CC#N)c1Oc1cc(N)cc(Cl)c1. The Balaban J connectivity index is 2.33. The second-order valence-electron chi connectivity index (χ2n) is 3.78. The minimum atomic E-state index is 0.176. The van der Waals surface area contributed by atoms with Gasteiger partial charge in [-0.3, -0.25) is 5.10 Å². The van der Waals surface area contributed by atoms with Crippen LogP contribution in [0, 0.1) is 18.3 Å². The summed E-state index contributed by atoms with van der Waals surface area (Å²) >= 11 is 5.90. The number of aromatic amines is 1. The molecule has 1 aromatic carbocycles. The molecule has 0 amide bonds. The summed E-state index contributed by atoms with van der Waals surface area (Å²) in [6.45, 7) is 1.82. The average Bonchev–Trinajstić information content (AvgIpc) is 2.61. The molecule has 0 radical (unpaired) electrons. The van der Waals surface area contributed by atoms with Crippen LogP contribution in [0.25, 0.3) is 0 Å². The quantitative estimate of drug-likeness (QED) is 0.833. The molecule has 1 heterocycles. The van der Waals surface area contributed by atoms with Crippen molar-refractivity contribution in [3.05, 3.63) is 34.6 Å². The highest BCUT2D eigenvalue weighted by Crippen LogP contribution is 2.30. The molecule has 0 atom stereocenters. The molecule has 1 aromatic heterocycles. The van der Waals surface area contributed by atoms with Gasteiger partial charge in [-0.1, -0.05) is 11.6 Å². The number of hydrogen-bond donors (Lipinski definition) is 2. The standard InChI is InChI=1S/C12H11ClN4O/c1-7-12(11(2-3-14)17-16-7)18-10-5-8(13)4-9(15)6-10/h4-6H,2,15H2,1H3,(H,16,17). The van der Waals surface area contributed by atoms with Gasteiger partial charge in [-0.2, -0.15) is 10.4 Å². The summed E-state index contributed by atoms with van der Waals surface area (Å²) in [6, 6.07) is 6.98. The van der Waals surface area contributed by atoms with Gasteiger partial charge >= 0.3 is 0 Å². The zero-order valence-corrected chi connectivity index (χ0v) is 10.5. The van der Waals surface area contributed by atoms with Gasteiger partial charge in [0.15, 0.2) is 5.75 Å². The van der Waals surface area contributed by atoms with E-state index in [1.54, 1.807) is 18.2 Å². The summed E-state index contributed by atoms with van der Waals surface area (Å²) in [6.07, 6.45) is 0.176. The Labute approximate surface area is 109 Å². The van der Waals surface area contributed by atoms with E-state index in [4.69, 9.17) is 27.3 Å². The number of nitrogens with one attached hydrogen (secondary N) is 1. The number of benzene rings is 1. The van der Waals surface area contributed by atoms with E-state index in [0.717, 1.165) is 5.69 Å². The van der Waals surface area contributed by atoms with Crippen LogP contribution in [-0.4, -0.2) is 10.2 Å². The third-order valence-electron chi connectivity index (χ3n) is 2.32. The molecule has 18 heavy (non-hydrogen) atoms. The van der Waals surface area contributed by atoms with Crippen LogP contribution in [0.1, 0.15) is 11.4 Å². The first kappa shape index (κ1) is 12.3. The largest absolute Gasteiger partial charge is 0.453 e. The van der Waals surface area contributed by atoms with Crippen LogP contribution >= 0.6 is 11.6 Å². The zero-order valence-electron chi connectivity index (χ0n) is 9.70. The molecule has 3 N–H and O–H groups in total. The van der Waals surface area contributed by atoms with Gasteiger partial charge < -0.3 is 10.5 Å². The second-order valence-corrected chi connectivity index (χ2v) is 4.22. The summed E-state index contributed by atoms with van der Waals surface area (Å²) in [5, 5.41) is 16.0. The minimum Gasteiger partial charge on any atom is -0.453 e. The van der Waals surface area contributed by atoms with Crippen LogP contribution in [-0.2, 0) is 6.42 Å². The molecule has 0 unspecified atom stereocenters. The van der Waals surface area contributed by atoms with E-state index in [9.17, 15) is 0 Å². The van der Waals surface area contributed by atoms with Crippen molar-refractivity contribution in [2.45, 2.75) is 13.3 Å². The monoisotopic (exact) mass is 262 g/mol. The molecule has 2 rings (SSSR count). The van der Waals surface area contributed by atoms with Crippen molar-refractivity contribution < 1.29 is 4.74 Å². The molecule has 0 aliphatic rings. The predicted octanol–water partition coefficient (Wildman–Crippen LogP) is 2.81. The van der Waals surface area contributed by atoms with E-state index in [2.05, 4.69) is 10.2 Å². The lowest BCUT2D eigenvalue weighted by atomic mass is 10.2. The van der Waals surface area contributed by atoms with E-state index < -0.39 is 0 Å². The molecule has 0 spiro atoms. The number of anilines is 1. The number of nitriles is 1. The Hall–Kier alpha value is -2.19. The first-order valence-electron chi connectivity index (χ1n) is 5.25.